The topological polar surface area (TPSA) is 76.5 Å². The second kappa shape index (κ2) is 8.17. The Kier molecular flexibility index (Phi) is 7.22. The summed E-state index contributed by atoms with van der Waals surface area (Å²) < 4.78 is 32.4. The van der Waals surface area contributed by atoms with Crippen LogP contribution in [0.3, 0.4) is 0 Å². The molecule has 7 heteroatoms. The molecule has 5 nitrogen and oxygen atoms in total. The first-order chi connectivity index (χ1) is 9.47. The first-order valence-electron chi connectivity index (χ1n) is 6.95. The third kappa shape index (κ3) is 4.31. The van der Waals surface area contributed by atoms with Gasteiger partial charge in [0, 0.05) is 19.2 Å². The van der Waals surface area contributed by atoms with Crippen LogP contribution >= 0.6 is 15.9 Å². The van der Waals surface area contributed by atoms with Gasteiger partial charge in [-0.15, -0.1) is 0 Å². The quantitative estimate of drug-likeness (QED) is 0.728. The van der Waals surface area contributed by atoms with E-state index >= 15 is 0 Å². The number of sulfonamides is 1. The minimum absolute atomic E-state index is 0.171. The zero-order chi connectivity index (χ0) is 15.2. The number of halogens is 1. The molecule has 0 spiro atoms. The molecule has 1 rings (SSSR count). The summed E-state index contributed by atoms with van der Waals surface area (Å²) in [5, 5.41) is 0. The molecular weight excluding hydrogens is 344 g/mol. The molecule has 1 aromatic heterocycles. The van der Waals surface area contributed by atoms with Gasteiger partial charge < -0.3 is 10.2 Å². The minimum Gasteiger partial charge on any atom is -0.452 e. The van der Waals surface area contributed by atoms with Gasteiger partial charge in [0.05, 0.1) is 6.54 Å². The molecule has 116 valence electrons. The molecule has 0 amide bonds. The predicted octanol–water partition coefficient (Wildman–Crippen LogP) is 3.09. The fourth-order valence-electron chi connectivity index (χ4n) is 1.83. The van der Waals surface area contributed by atoms with Crippen LogP contribution in [0.2, 0.25) is 0 Å². The van der Waals surface area contributed by atoms with Crippen molar-refractivity contribution in [3.63, 3.8) is 0 Å². The second-order valence-corrected chi connectivity index (χ2v) is 7.29. The Labute approximate surface area is 129 Å². The number of nitrogens with two attached hydrogens (primary N) is 1. The standard InChI is InChI=1S/C13H23BrN2O3S/c1-3-5-7-16(8-6-4-2)20(17,18)12-9-11(10-15)19-13(12)14/h9H,3-8,10,15H2,1-2H3. The van der Waals surface area contributed by atoms with Crippen molar-refractivity contribution in [1.29, 1.82) is 0 Å². The highest BCUT2D eigenvalue weighted by molar-refractivity contribution is 9.10. The molecule has 0 atom stereocenters. The molecule has 0 bridgehead atoms. The van der Waals surface area contributed by atoms with Gasteiger partial charge in [0.25, 0.3) is 0 Å². The lowest BCUT2D eigenvalue weighted by Gasteiger charge is -2.21. The van der Waals surface area contributed by atoms with Crippen molar-refractivity contribution in [1.82, 2.24) is 4.31 Å². The molecule has 0 saturated carbocycles. The second-order valence-electron chi connectivity index (χ2n) is 4.67. The van der Waals surface area contributed by atoms with E-state index < -0.39 is 10.0 Å². The number of hydrogen-bond donors (Lipinski definition) is 1. The molecule has 20 heavy (non-hydrogen) atoms. The van der Waals surface area contributed by atoms with Gasteiger partial charge in [0.15, 0.2) is 4.67 Å². The lowest BCUT2D eigenvalue weighted by Crippen LogP contribution is -2.33. The average Bonchev–Trinajstić information content (AvgIpc) is 2.80. The fourth-order valence-corrected chi connectivity index (χ4v) is 4.31. The van der Waals surface area contributed by atoms with E-state index in [-0.39, 0.29) is 16.1 Å². The van der Waals surface area contributed by atoms with Crippen LogP contribution in [0.4, 0.5) is 0 Å². The average molecular weight is 367 g/mol. The van der Waals surface area contributed by atoms with E-state index in [0.717, 1.165) is 25.7 Å². The third-order valence-electron chi connectivity index (χ3n) is 3.05. The Balaban J connectivity index is 3.03. The van der Waals surface area contributed by atoms with E-state index in [1.807, 2.05) is 13.8 Å². The van der Waals surface area contributed by atoms with Crippen LogP contribution in [0.15, 0.2) is 20.0 Å². The smallest absolute Gasteiger partial charge is 0.247 e. The SMILES string of the molecule is CCCCN(CCCC)S(=O)(=O)c1cc(CN)oc1Br. The Hall–Kier alpha value is -0.370. The van der Waals surface area contributed by atoms with E-state index in [4.69, 9.17) is 10.2 Å². The molecule has 0 unspecified atom stereocenters. The van der Waals surface area contributed by atoms with Crippen molar-refractivity contribution in [2.45, 2.75) is 51.0 Å². The molecule has 1 heterocycles. The first-order valence-corrected chi connectivity index (χ1v) is 9.19. The van der Waals surface area contributed by atoms with E-state index in [1.54, 1.807) is 0 Å². The molecule has 0 aliphatic carbocycles. The first kappa shape index (κ1) is 17.7. The van der Waals surface area contributed by atoms with Crippen LogP contribution in [-0.2, 0) is 16.6 Å². The van der Waals surface area contributed by atoms with Crippen molar-refractivity contribution < 1.29 is 12.8 Å². The maximum atomic E-state index is 12.7. The number of furan rings is 1. The predicted molar refractivity (Wildman–Crippen MR) is 82.9 cm³/mol. The molecule has 0 aliphatic rings. The maximum absolute atomic E-state index is 12.7. The summed E-state index contributed by atoms with van der Waals surface area (Å²) in [4.78, 5) is 0.171. The highest BCUT2D eigenvalue weighted by Crippen LogP contribution is 2.29. The molecule has 2 N–H and O–H groups in total. The van der Waals surface area contributed by atoms with E-state index in [1.165, 1.54) is 10.4 Å². The van der Waals surface area contributed by atoms with Crippen LogP contribution in [0.5, 0.6) is 0 Å². The highest BCUT2D eigenvalue weighted by atomic mass is 79.9. The normalized spacial score (nSPS) is 12.2. The van der Waals surface area contributed by atoms with Gasteiger partial charge in [-0.2, -0.15) is 4.31 Å². The van der Waals surface area contributed by atoms with Crippen molar-refractivity contribution in [3.05, 3.63) is 16.5 Å². The van der Waals surface area contributed by atoms with Crippen LogP contribution < -0.4 is 5.73 Å². The number of rotatable bonds is 9. The summed E-state index contributed by atoms with van der Waals surface area (Å²) in [7, 11) is -3.53. The van der Waals surface area contributed by atoms with Crippen LogP contribution in [0, 0.1) is 0 Å². The molecular formula is C13H23BrN2O3S. The fraction of sp³-hybridized carbons (Fsp3) is 0.692. The molecule has 1 aromatic rings. The summed E-state index contributed by atoms with van der Waals surface area (Å²) in [6.07, 6.45) is 3.61. The van der Waals surface area contributed by atoms with Gasteiger partial charge in [-0.25, -0.2) is 8.42 Å². The van der Waals surface area contributed by atoms with Gasteiger partial charge in [0.1, 0.15) is 10.7 Å². The zero-order valence-electron chi connectivity index (χ0n) is 12.1. The Morgan fingerprint density at radius 3 is 2.20 bits per heavy atom. The van der Waals surface area contributed by atoms with Crippen molar-refractivity contribution >= 4 is 26.0 Å². The van der Waals surface area contributed by atoms with Crippen molar-refractivity contribution in [2.24, 2.45) is 5.73 Å². The molecule has 0 radical (unpaired) electrons. The molecule has 0 fully saturated rings. The van der Waals surface area contributed by atoms with Gasteiger partial charge in [-0.3, -0.25) is 0 Å². The van der Waals surface area contributed by atoms with E-state index in [0.29, 0.717) is 18.8 Å². The summed E-state index contributed by atoms with van der Waals surface area (Å²) in [5.74, 6) is 0.460. The summed E-state index contributed by atoms with van der Waals surface area (Å²) in [6, 6.07) is 1.50. The van der Waals surface area contributed by atoms with Crippen molar-refractivity contribution in [3.8, 4) is 0 Å². The van der Waals surface area contributed by atoms with Crippen molar-refractivity contribution in [2.75, 3.05) is 13.1 Å². The monoisotopic (exact) mass is 366 g/mol. The van der Waals surface area contributed by atoms with E-state index in [9.17, 15) is 8.42 Å². The zero-order valence-corrected chi connectivity index (χ0v) is 14.5. The van der Waals surface area contributed by atoms with E-state index in [2.05, 4.69) is 15.9 Å². The molecule has 0 saturated heterocycles. The maximum Gasteiger partial charge on any atom is 0.247 e. The van der Waals surface area contributed by atoms with Crippen LogP contribution in [0.25, 0.3) is 0 Å². The van der Waals surface area contributed by atoms with Gasteiger partial charge in [0.2, 0.25) is 10.0 Å². The summed E-state index contributed by atoms with van der Waals surface area (Å²) >= 11 is 3.17. The lowest BCUT2D eigenvalue weighted by molar-refractivity contribution is 0.393. The Bertz CT molecular complexity index is 506. The summed E-state index contributed by atoms with van der Waals surface area (Å²) in [6.45, 7) is 5.34. The lowest BCUT2D eigenvalue weighted by atomic mass is 10.3. The largest absolute Gasteiger partial charge is 0.452 e. The molecule has 0 aliphatic heterocycles. The van der Waals surface area contributed by atoms with Gasteiger partial charge in [-0.05, 0) is 28.8 Å². The minimum atomic E-state index is -3.53. The summed E-state index contributed by atoms with van der Waals surface area (Å²) in [5.41, 5.74) is 5.49. The number of nitrogens with zero attached hydrogens (tertiary/aromatic N) is 1. The van der Waals surface area contributed by atoms with Gasteiger partial charge >= 0.3 is 0 Å². The Morgan fingerprint density at radius 2 is 1.80 bits per heavy atom. The highest BCUT2D eigenvalue weighted by Gasteiger charge is 2.28. The van der Waals surface area contributed by atoms with Crippen LogP contribution in [-0.4, -0.2) is 25.8 Å². The number of unbranched alkanes of at least 4 members (excludes halogenated alkanes) is 2. The third-order valence-corrected chi connectivity index (χ3v) is 5.80. The molecule has 0 aromatic carbocycles. The van der Waals surface area contributed by atoms with Gasteiger partial charge in [-0.1, -0.05) is 26.7 Å². The van der Waals surface area contributed by atoms with Crippen LogP contribution in [0.1, 0.15) is 45.3 Å². The number of hydrogen-bond acceptors (Lipinski definition) is 4. The Morgan fingerprint density at radius 1 is 1.25 bits per heavy atom.